The minimum atomic E-state index is -3.56. The maximum Gasteiger partial charge on any atom is 0.325 e. The number of rotatable bonds is 7. The lowest BCUT2D eigenvalue weighted by atomic mass is 10.1. The molecule has 0 heterocycles. The third kappa shape index (κ3) is 3.02. The molecule has 0 spiro atoms. The number of nitrogens with one attached hydrogen (secondary N) is 1. The van der Waals surface area contributed by atoms with E-state index in [-0.39, 0.29) is 11.7 Å². The molecule has 110 valence electrons. The van der Waals surface area contributed by atoms with Crippen molar-refractivity contribution in [2.75, 3.05) is 5.75 Å². The number of carboxylic acids is 1. The molecule has 0 saturated heterocycles. The average molecular weight is 297 g/mol. The van der Waals surface area contributed by atoms with E-state index >= 15 is 0 Å². The molecule has 5 nitrogen and oxygen atoms in total. The van der Waals surface area contributed by atoms with Gasteiger partial charge >= 0.3 is 5.97 Å². The third-order valence-corrected chi connectivity index (χ3v) is 5.15. The van der Waals surface area contributed by atoms with E-state index in [9.17, 15) is 18.3 Å². The molecule has 1 aromatic rings. The van der Waals surface area contributed by atoms with E-state index in [1.807, 2.05) is 37.3 Å². The summed E-state index contributed by atoms with van der Waals surface area (Å²) >= 11 is 0. The molecule has 2 N–H and O–H groups in total. The van der Waals surface area contributed by atoms with Crippen molar-refractivity contribution in [2.24, 2.45) is 0 Å². The molecule has 1 aliphatic carbocycles. The standard InChI is InChI=1S/C14H19NO4S/c1-2-3-9-20(18,19)15-14(13(16)17)10-12(14)11-7-5-4-6-8-11/h4-8,12,15H,2-3,9-10H2,1H3,(H,16,17). The van der Waals surface area contributed by atoms with Crippen molar-refractivity contribution < 1.29 is 18.3 Å². The molecule has 2 rings (SSSR count). The van der Waals surface area contributed by atoms with Gasteiger partial charge in [0.25, 0.3) is 0 Å². The predicted octanol–water partition coefficient (Wildman–Crippen LogP) is 1.72. The zero-order valence-corrected chi connectivity index (χ0v) is 12.2. The summed E-state index contributed by atoms with van der Waals surface area (Å²) in [5, 5.41) is 9.40. The van der Waals surface area contributed by atoms with Crippen molar-refractivity contribution in [3.05, 3.63) is 35.9 Å². The van der Waals surface area contributed by atoms with Crippen LogP contribution in [0.3, 0.4) is 0 Å². The van der Waals surface area contributed by atoms with Gasteiger partial charge < -0.3 is 5.11 Å². The summed E-state index contributed by atoms with van der Waals surface area (Å²) in [5.74, 6) is -1.43. The number of aliphatic carboxylic acids is 1. The van der Waals surface area contributed by atoms with Crippen LogP contribution >= 0.6 is 0 Å². The Morgan fingerprint density at radius 3 is 2.60 bits per heavy atom. The lowest BCUT2D eigenvalue weighted by Crippen LogP contribution is -2.45. The van der Waals surface area contributed by atoms with Crippen LogP contribution in [0.15, 0.2) is 30.3 Å². The first-order chi connectivity index (χ1) is 9.41. The first-order valence-electron chi connectivity index (χ1n) is 6.71. The highest BCUT2D eigenvalue weighted by molar-refractivity contribution is 7.89. The number of carbonyl (C=O) groups is 1. The Balaban J connectivity index is 2.17. The minimum absolute atomic E-state index is 0.0277. The fourth-order valence-electron chi connectivity index (χ4n) is 2.41. The zero-order chi connectivity index (χ0) is 14.8. The molecule has 1 saturated carbocycles. The molecular formula is C14H19NO4S. The second-order valence-corrected chi connectivity index (χ2v) is 7.06. The molecule has 1 aromatic carbocycles. The minimum Gasteiger partial charge on any atom is -0.480 e. The van der Waals surface area contributed by atoms with E-state index in [1.165, 1.54) is 0 Å². The lowest BCUT2D eigenvalue weighted by molar-refractivity contribution is -0.140. The van der Waals surface area contributed by atoms with Gasteiger partial charge in [0.15, 0.2) is 0 Å². The van der Waals surface area contributed by atoms with E-state index in [1.54, 1.807) is 0 Å². The highest BCUT2D eigenvalue weighted by atomic mass is 32.2. The van der Waals surface area contributed by atoms with Gasteiger partial charge in [0.1, 0.15) is 5.54 Å². The van der Waals surface area contributed by atoms with Gasteiger partial charge in [0.05, 0.1) is 5.75 Å². The second-order valence-electron chi connectivity index (χ2n) is 5.22. The summed E-state index contributed by atoms with van der Waals surface area (Å²) in [5.41, 5.74) is -0.512. The van der Waals surface area contributed by atoms with Gasteiger partial charge in [-0.05, 0) is 18.4 Å². The van der Waals surface area contributed by atoms with Crippen LogP contribution < -0.4 is 4.72 Å². The largest absolute Gasteiger partial charge is 0.480 e. The van der Waals surface area contributed by atoms with Gasteiger partial charge in [-0.15, -0.1) is 0 Å². The second kappa shape index (κ2) is 5.54. The number of sulfonamides is 1. The van der Waals surface area contributed by atoms with E-state index in [2.05, 4.69) is 4.72 Å². The molecule has 20 heavy (non-hydrogen) atoms. The first kappa shape index (κ1) is 15.0. The van der Waals surface area contributed by atoms with Crippen LogP contribution in [-0.2, 0) is 14.8 Å². The van der Waals surface area contributed by atoms with Gasteiger partial charge in [-0.25, -0.2) is 8.42 Å². The molecule has 0 aliphatic heterocycles. The van der Waals surface area contributed by atoms with Gasteiger partial charge in [0.2, 0.25) is 10.0 Å². The van der Waals surface area contributed by atoms with Crippen LogP contribution in [0, 0.1) is 0 Å². The maximum absolute atomic E-state index is 12.0. The normalized spacial score (nSPS) is 25.4. The van der Waals surface area contributed by atoms with Crippen molar-refractivity contribution in [3.63, 3.8) is 0 Å². The molecule has 1 fully saturated rings. The molecule has 6 heteroatoms. The Labute approximate surface area is 119 Å². The fourth-order valence-corrected chi connectivity index (χ4v) is 4.05. The van der Waals surface area contributed by atoms with Crippen LogP contribution in [0.1, 0.15) is 37.7 Å². The number of carboxylic acid groups (broad SMARTS) is 1. The Hall–Kier alpha value is -1.40. The fraction of sp³-hybridized carbons (Fsp3) is 0.500. The van der Waals surface area contributed by atoms with Gasteiger partial charge in [-0.3, -0.25) is 4.79 Å². The van der Waals surface area contributed by atoms with Gasteiger partial charge in [-0.2, -0.15) is 4.72 Å². The lowest BCUT2D eigenvalue weighted by Gasteiger charge is -2.15. The van der Waals surface area contributed by atoms with Crippen LogP contribution in [-0.4, -0.2) is 30.8 Å². The maximum atomic E-state index is 12.0. The predicted molar refractivity (Wildman–Crippen MR) is 76.0 cm³/mol. The van der Waals surface area contributed by atoms with Crippen molar-refractivity contribution in [1.82, 2.24) is 4.72 Å². The Morgan fingerprint density at radius 1 is 1.40 bits per heavy atom. The third-order valence-electron chi connectivity index (χ3n) is 3.65. The SMILES string of the molecule is CCCCS(=O)(=O)NC1(C(=O)O)CC1c1ccccc1. The number of unbranched alkanes of at least 4 members (excludes halogenated alkanes) is 1. The average Bonchev–Trinajstić information content (AvgIpc) is 3.12. The summed E-state index contributed by atoms with van der Waals surface area (Å²) in [7, 11) is -3.56. The Bertz CT molecular complexity index is 584. The summed E-state index contributed by atoms with van der Waals surface area (Å²) in [6.07, 6.45) is 1.59. The van der Waals surface area contributed by atoms with Gasteiger partial charge in [0, 0.05) is 5.92 Å². The van der Waals surface area contributed by atoms with Gasteiger partial charge in [-0.1, -0.05) is 43.7 Å². The smallest absolute Gasteiger partial charge is 0.325 e. The number of hydrogen-bond acceptors (Lipinski definition) is 3. The zero-order valence-electron chi connectivity index (χ0n) is 11.4. The molecule has 0 aromatic heterocycles. The van der Waals surface area contributed by atoms with Crippen LogP contribution in [0.25, 0.3) is 0 Å². The highest BCUT2D eigenvalue weighted by Gasteiger charge is 2.63. The highest BCUT2D eigenvalue weighted by Crippen LogP contribution is 2.52. The van der Waals surface area contributed by atoms with Crippen LogP contribution in [0.2, 0.25) is 0 Å². The molecule has 0 radical (unpaired) electrons. The summed E-state index contributed by atoms with van der Waals surface area (Å²) < 4.78 is 26.3. The monoisotopic (exact) mass is 297 g/mol. The van der Waals surface area contributed by atoms with E-state index in [0.717, 1.165) is 12.0 Å². The Kier molecular flexibility index (Phi) is 4.15. The van der Waals surface area contributed by atoms with E-state index in [0.29, 0.717) is 12.8 Å². The summed E-state index contributed by atoms with van der Waals surface area (Å²) in [4.78, 5) is 11.5. The van der Waals surface area contributed by atoms with Crippen molar-refractivity contribution in [2.45, 2.75) is 37.6 Å². The molecular weight excluding hydrogens is 278 g/mol. The molecule has 0 amide bonds. The van der Waals surface area contributed by atoms with E-state index in [4.69, 9.17) is 0 Å². The van der Waals surface area contributed by atoms with Crippen LogP contribution in [0.5, 0.6) is 0 Å². The van der Waals surface area contributed by atoms with Crippen LogP contribution in [0.4, 0.5) is 0 Å². The summed E-state index contributed by atoms with van der Waals surface area (Å²) in [6.45, 7) is 1.90. The number of benzene rings is 1. The molecule has 0 bridgehead atoms. The van der Waals surface area contributed by atoms with Crippen molar-refractivity contribution >= 4 is 16.0 Å². The molecule has 2 atom stereocenters. The quantitative estimate of drug-likeness (QED) is 0.802. The van der Waals surface area contributed by atoms with Crippen molar-refractivity contribution in [3.8, 4) is 0 Å². The molecule has 1 aliphatic rings. The Morgan fingerprint density at radius 2 is 2.05 bits per heavy atom. The summed E-state index contributed by atoms with van der Waals surface area (Å²) in [6, 6.07) is 9.16. The molecule has 2 unspecified atom stereocenters. The number of hydrogen-bond donors (Lipinski definition) is 2. The first-order valence-corrected chi connectivity index (χ1v) is 8.36. The van der Waals surface area contributed by atoms with Crippen molar-refractivity contribution in [1.29, 1.82) is 0 Å². The van der Waals surface area contributed by atoms with E-state index < -0.39 is 21.5 Å². The topological polar surface area (TPSA) is 83.5 Å².